The van der Waals surface area contributed by atoms with Gasteiger partial charge in [-0.15, -0.1) is 0 Å². The van der Waals surface area contributed by atoms with Crippen molar-refractivity contribution in [3.63, 3.8) is 0 Å². The molecule has 0 aliphatic heterocycles. The zero-order valence-corrected chi connectivity index (χ0v) is 13.5. The molecule has 0 aliphatic rings. The lowest BCUT2D eigenvalue weighted by molar-refractivity contribution is 0.0594. The number of rotatable bonds is 2. The second kappa shape index (κ2) is 5.54. The molecule has 0 atom stereocenters. The van der Waals surface area contributed by atoms with Crippen molar-refractivity contribution in [2.45, 2.75) is 0 Å². The molecule has 0 saturated heterocycles. The average Bonchev–Trinajstić information content (AvgIpc) is 2.90. The molecule has 0 unspecified atom stereocenters. The first-order valence-corrected chi connectivity index (χ1v) is 7.19. The molecule has 0 saturated carbocycles. The number of carbonyl (C=O) groups excluding carboxylic acids is 1. The van der Waals surface area contributed by atoms with Gasteiger partial charge in [0.1, 0.15) is 5.69 Å². The van der Waals surface area contributed by atoms with Crippen LogP contribution in [0.4, 0.5) is 0 Å². The number of aromatic amines is 1. The van der Waals surface area contributed by atoms with Crippen molar-refractivity contribution in [3.8, 4) is 11.4 Å². The largest absolute Gasteiger partial charge is 0.464 e. The van der Waals surface area contributed by atoms with E-state index in [1.165, 1.54) is 11.6 Å². The maximum absolute atomic E-state index is 12.0. The lowest BCUT2D eigenvalue weighted by Crippen LogP contribution is -2.18. The molecule has 22 heavy (non-hydrogen) atoms. The number of pyridine rings is 1. The number of nitrogens with one attached hydrogen (secondary N) is 1. The quantitative estimate of drug-likeness (QED) is 0.686. The highest BCUT2D eigenvalue weighted by molar-refractivity contribution is 9.10. The summed E-state index contributed by atoms with van der Waals surface area (Å²) < 4.78 is 6.50. The van der Waals surface area contributed by atoms with E-state index < -0.39 is 11.5 Å². The molecule has 112 valence electrons. The summed E-state index contributed by atoms with van der Waals surface area (Å²) in [4.78, 5) is 31.8. The molecule has 0 aromatic carbocycles. The molecule has 7 nitrogen and oxygen atoms in total. The molecule has 0 bridgehead atoms. The number of esters is 1. The van der Waals surface area contributed by atoms with E-state index in [-0.39, 0.29) is 11.3 Å². The van der Waals surface area contributed by atoms with Gasteiger partial charge >= 0.3 is 5.97 Å². The fourth-order valence-corrected chi connectivity index (χ4v) is 2.67. The molecule has 0 fully saturated rings. The number of nitrogens with zero attached hydrogens (tertiary/aromatic N) is 3. The molecule has 1 N–H and O–H groups in total. The van der Waals surface area contributed by atoms with Crippen LogP contribution in [-0.4, -0.2) is 32.7 Å². The van der Waals surface area contributed by atoms with Crippen LogP contribution in [0, 0.1) is 0 Å². The van der Waals surface area contributed by atoms with E-state index in [4.69, 9.17) is 11.6 Å². The highest BCUT2D eigenvalue weighted by atomic mass is 79.9. The number of ether oxygens (including phenoxy) is 1. The van der Waals surface area contributed by atoms with Gasteiger partial charge in [-0.3, -0.25) is 14.9 Å². The first kappa shape index (κ1) is 14.7. The second-order valence-corrected chi connectivity index (χ2v) is 5.64. The van der Waals surface area contributed by atoms with Crippen molar-refractivity contribution in [3.05, 3.63) is 49.9 Å². The molecule has 3 heterocycles. The number of H-pyrrole nitrogens is 1. The van der Waals surface area contributed by atoms with E-state index in [2.05, 4.69) is 35.7 Å². The third-order valence-corrected chi connectivity index (χ3v) is 3.63. The Morgan fingerprint density at radius 2 is 2.18 bits per heavy atom. The molecule has 3 aromatic heterocycles. The topological polar surface area (TPSA) is 89.4 Å². The summed E-state index contributed by atoms with van der Waals surface area (Å²) in [6.45, 7) is 0. The fourth-order valence-electron chi connectivity index (χ4n) is 1.93. The van der Waals surface area contributed by atoms with Crippen LogP contribution in [0.2, 0.25) is 5.02 Å². The Labute approximate surface area is 137 Å². The Bertz CT molecular complexity index is 950. The van der Waals surface area contributed by atoms with Crippen molar-refractivity contribution < 1.29 is 9.53 Å². The van der Waals surface area contributed by atoms with Gasteiger partial charge in [0.15, 0.2) is 11.3 Å². The van der Waals surface area contributed by atoms with Gasteiger partial charge in [-0.2, -0.15) is 0 Å². The summed E-state index contributed by atoms with van der Waals surface area (Å²) in [5, 5.41) is 3.26. The van der Waals surface area contributed by atoms with E-state index in [1.807, 2.05) is 0 Å². The molecule has 3 rings (SSSR count). The van der Waals surface area contributed by atoms with Gasteiger partial charge in [0.2, 0.25) is 0 Å². The lowest BCUT2D eigenvalue weighted by atomic mass is 10.3. The van der Waals surface area contributed by atoms with Crippen LogP contribution in [0.1, 0.15) is 10.5 Å². The third-order valence-electron chi connectivity index (χ3n) is 2.91. The highest BCUT2D eigenvalue weighted by Crippen LogP contribution is 2.27. The van der Waals surface area contributed by atoms with E-state index >= 15 is 0 Å². The fraction of sp³-hybridized carbons (Fsp3) is 0.0769. The lowest BCUT2D eigenvalue weighted by Gasteiger charge is -2.00. The predicted octanol–water partition coefficient (Wildman–Crippen LogP) is 2.29. The van der Waals surface area contributed by atoms with Gasteiger partial charge in [0.25, 0.3) is 5.56 Å². The standard InChI is InChI=1S/C13H8BrClN4O3/c1-22-13(21)9-4-11(20)19-10(17-9)3-8(18-19)12-7(15)2-6(14)5-16-12/h2-5,18H,1H3. The first-order chi connectivity index (χ1) is 10.5. The van der Waals surface area contributed by atoms with E-state index in [9.17, 15) is 9.59 Å². The Morgan fingerprint density at radius 1 is 1.41 bits per heavy atom. The maximum atomic E-state index is 12.0. The van der Waals surface area contributed by atoms with E-state index in [0.717, 1.165) is 10.5 Å². The van der Waals surface area contributed by atoms with Crippen molar-refractivity contribution >= 4 is 39.1 Å². The van der Waals surface area contributed by atoms with Crippen molar-refractivity contribution in [1.29, 1.82) is 0 Å². The number of carbonyl (C=O) groups is 1. The number of hydrogen-bond donors (Lipinski definition) is 1. The van der Waals surface area contributed by atoms with Crippen molar-refractivity contribution in [2.24, 2.45) is 0 Å². The number of halogens is 2. The average molecular weight is 384 g/mol. The molecule has 0 amide bonds. The molecule has 0 radical (unpaired) electrons. The number of fused-ring (bicyclic) bond motifs is 1. The molecular weight excluding hydrogens is 376 g/mol. The molecule has 0 aliphatic carbocycles. The summed E-state index contributed by atoms with van der Waals surface area (Å²) in [5.41, 5.74) is 0.736. The van der Waals surface area contributed by atoms with Gasteiger partial charge in [0, 0.05) is 22.8 Å². The SMILES string of the molecule is COC(=O)c1cc(=O)n2[nH]c(-c3ncc(Br)cc3Cl)cc2n1. The zero-order chi connectivity index (χ0) is 15.9. The summed E-state index contributed by atoms with van der Waals surface area (Å²) in [6.07, 6.45) is 1.59. The monoisotopic (exact) mass is 382 g/mol. The van der Waals surface area contributed by atoms with Crippen LogP contribution in [0.3, 0.4) is 0 Å². The Hall–Kier alpha value is -2.19. The number of aromatic nitrogens is 4. The van der Waals surface area contributed by atoms with Crippen LogP contribution in [-0.2, 0) is 4.74 Å². The minimum absolute atomic E-state index is 0.0621. The molecule has 0 spiro atoms. The van der Waals surface area contributed by atoms with Gasteiger partial charge in [-0.25, -0.2) is 14.3 Å². The molecule has 9 heteroatoms. The van der Waals surface area contributed by atoms with Crippen LogP contribution in [0.25, 0.3) is 17.0 Å². The Morgan fingerprint density at radius 3 is 2.86 bits per heavy atom. The highest BCUT2D eigenvalue weighted by Gasteiger charge is 2.15. The summed E-state index contributed by atoms with van der Waals surface area (Å²) in [7, 11) is 1.22. The Balaban J connectivity index is 2.19. The normalized spacial score (nSPS) is 10.9. The smallest absolute Gasteiger partial charge is 0.356 e. The summed E-state index contributed by atoms with van der Waals surface area (Å²) in [5.74, 6) is -0.679. The van der Waals surface area contributed by atoms with Crippen LogP contribution >= 0.6 is 27.5 Å². The van der Waals surface area contributed by atoms with Crippen molar-refractivity contribution in [1.82, 2.24) is 19.6 Å². The number of methoxy groups -OCH3 is 1. The van der Waals surface area contributed by atoms with Gasteiger partial charge in [-0.05, 0) is 22.0 Å². The van der Waals surface area contributed by atoms with Gasteiger partial charge in [0.05, 0.1) is 17.8 Å². The van der Waals surface area contributed by atoms with Gasteiger partial charge < -0.3 is 4.74 Å². The second-order valence-electron chi connectivity index (χ2n) is 4.32. The Kier molecular flexibility index (Phi) is 3.71. The van der Waals surface area contributed by atoms with E-state index in [1.54, 1.807) is 18.3 Å². The molecular formula is C13H8BrClN4O3. The third kappa shape index (κ3) is 2.51. The summed E-state index contributed by atoms with van der Waals surface area (Å²) in [6, 6.07) is 4.36. The van der Waals surface area contributed by atoms with Gasteiger partial charge in [-0.1, -0.05) is 11.6 Å². The van der Waals surface area contributed by atoms with Crippen LogP contribution < -0.4 is 5.56 Å². The number of hydrogen-bond acceptors (Lipinski definition) is 5. The predicted molar refractivity (Wildman–Crippen MR) is 83.1 cm³/mol. The molecule has 3 aromatic rings. The van der Waals surface area contributed by atoms with E-state index in [0.29, 0.717) is 16.4 Å². The van der Waals surface area contributed by atoms with Crippen LogP contribution in [0.5, 0.6) is 0 Å². The minimum Gasteiger partial charge on any atom is -0.464 e. The first-order valence-electron chi connectivity index (χ1n) is 6.02. The maximum Gasteiger partial charge on any atom is 0.356 e. The minimum atomic E-state index is -0.679. The van der Waals surface area contributed by atoms with Crippen LogP contribution in [0.15, 0.2) is 33.7 Å². The van der Waals surface area contributed by atoms with Crippen molar-refractivity contribution in [2.75, 3.05) is 7.11 Å². The zero-order valence-electron chi connectivity index (χ0n) is 11.1. The summed E-state index contributed by atoms with van der Waals surface area (Å²) >= 11 is 9.41.